The quantitative estimate of drug-likeness (QED) is 0.486. The summed E-state index contributed by atoms with van der Waals surface area (Å²) in [6, 6.07) is 0. The molecule has 0 aromatic carbocycles. The van der Waals surface area contributed by atoms with Gasteiger partial charge in [0, 0.05) is 0 Å². The van der Waals surface area contributed by atoms with Crippen molar-refractivity contribution in [2.75, 3.05) is 5.75 Å². The van der Waals surface area contributed by atoms with E-state index in [0.29, 0.717) is 5.75 Å². The lowest BCUT2D eigenvalue weighted by atomic mass is 10.4. The fourth-order valence-electron chi connectivity index (χ4n) is 0.594. The maximum absolute atomic E-state index is 10.3. The van der Waals surface area contributed by atoms with Crippen LogP contribution in [0.4, 0.5) is 0 Å². The van der Waals surface area contributed by atoms with Crippen LogP contribution in [-0.2, 0) is 9.59 Å². The molecule has 0 heterocycles. The molecule has 0 aromatic rings. The molecule has 0 atom stereocenters. The second-order valence-corrected chi connectivity index (χ2v) is 3.49. The molecule has 70 valence electrons. The van der Waals surface area contributed by atoms with Gasteiger partial charge in [-0.2, -0.15) is 0 Å². The van der Waals surface area contributed by atoms with Crippen LogP contribution in [0.3, 0.4) is 0 Å². The van der Waals surface area contributed by atoms with Gasteiger partial charge in [0.1, 0.15) is 0 Å². The maximum Gasteiger partial charge on any atom is 0.328 e. The van der Waals surface area contributed by atoms with Gasteiger partial charge in [-0.15, -0.1) is 11.8 Å². The van der Waals surface area contributed by atoms with Gasteiger partial charge in [-0.3, -0.25) is 9.59 Å². The summed E-state index contributed by atoms with van der Waals surface area (Å²) in [6.07, 6.45) is 1.79. The zero-order valence-corrected chi connectivity index (χ0v) is 7.63. The highest BCUT2D eigenvalue weighted by Crippen LogP contribution is 2.13. The average molecular weight is 192 g/mol. The largest absolute Gasteiger partial charge is 0.480 e. The number of unbranched alkanes of at least 4 members (excludes halogenated alkanes) is 1. The number of carboxylic acid groups (broad SMARTS) is 2. The fraction of sp³-hybridized carbons (Fsp3) is 0.714. The number of thioether (sulfide) groups is 1. The van der Waals surface area contributed by atoms with Crippen LogP contribution in [-0.4, -0.2) is 33.2 Å². The number of rotatable bonds is 6. The van der Waals surface area contributed by atoms with E-state index in [1.54, 1.807) is 0 Å². The smallest absolute Gasteiger partial charge is 0.328 e. The van der Waals surface area contributed by atoms with E-state index >= 15 is 0 Å². The van der Waals surface area contributed by atoms with Crippen LogP contribution in [0.2, 0.25) is 0 Å². The van der Waals surface area contributed by atoms with Crippen molar-refractivity contribution < 1.29 is 19.8 Å². The molecule has 0 aliphatic heterocycles. The first kappa shape index (κ1) is 11.3. The van der Waals surface area contributed by atoms with Crippen molar-refractivity contribution in [3.63, 3.8) is 0 Å². The molecule has 12 heavy (non-hydrogen) atoms. The van der Waals surface area contributed by atoms with E-state index in [2.05, 4.69) is 0 Å². The Kier molecular flexibility index (Phi) is 5.53. The van der Waals surface area contributed by atoms with Crippen LogP contribution >= 0.6 is 11.8 Å². The lowest BCUT2D eigenvalue weighted by molar-refractivity contribution is -0.146. The van der Waals surface area contributed by atoms with Gasteiger partial charge < -0.3 is 10.2 Å². The average Bonchev–Trinajstić information content (AvgIpc) is 1.96. The van der Waals surface area contributed by atoms with Crippen LogP contribution in [0.25, 0.3) is 0 Å². The lowest BCUT2D eigenvalue weighted by Gasteiger charge is -2.05. The second kappa shape index (κ2) is 5.88. The molecule has 0 spiro atoms. The zero-order chi connectivity index (χ0) is 9.56. The second-order valence-electron chi connectivity index (χ2n) is 2.28. The molecule has 4 nitrogen and oxygen atoms in total. The molecule has 0 amide bonds. The molecule has 0 radical (unpaired) electrons. The van der Waals surface area contributed by atoms with Crippen molar-refractivity contribution in [2.45, 2.75) is 25.0 Å². The Labute approximate surface area is 75.0 Å². The molecule has 0 aliphatic rings. The number of aliphatic carboxylic acids is 2. The lowest BCUT2D eigenvalue weighted by Crippen LogP contribution is -2.26. The minimum atomic E-state index is -1.31. The van der Waals surface area contributed by atoms with Crippen LogP contribution < -0.4 is 0 Å². The molecule has 0 aromatic heterocycles. The van der Waals surface area contributed by atoms with Gasteiger partial charge in [-0.1, -0.05) is 13.3 Å². The fourth-order valence-corrected chi connectivity index (χ4v) is 1.57. The summed E-state index contributed by atoms with van der Waals surface area (Å²) in [5.41, 5.74) is 0. The Morgan fingerprint density at radius 1 is 1.33 bits per heavy atom. The monoisotopic (exact) mass is 192 g/mol. The summed E-state index contributed by atoms with van der Waals surface area (Å²) in [4.78, 5) is 20.7. The van der Waals surface area contributed by atoms with E-state index in [4.69, 9.17) is 10.2 Å². The van der Waals surface area contributed by atoms with Gasteiger partial charge in [0.15, 0.2) is 5.25 Å². The van der Waals surface area contributed by atoms with E-state index in [1.807, 2.05) is 6.92 Å². The third kappa shape index (κ3) is 4.23. The van der Waals surface area contributed by atoms with Crippen molar-refractivity contribution in [2.24, 2.45) is 0 Å². The first-order valence-electron chi connectivity index (χ1n) is 3.66. The highest BCUT2D eigenvalue weighted by Gasteiger charge is 2.25. The summed E-state index contributed by atoms with van der Waals surface area (Å²) >= 11 is 0.963. The summed E-state index contributed by atoms with van der Waals surface area (Å²) in [6.45, 7) is 1.97. The Hall–Kier alpha value is -0.710. The molecule has 0 aliphatic carbocycles. The Morgan fingerprint density at radius 3 is 2.17 bits per heavy atom. The van der Waals surface area contributed by atoms with E-state index in [0.717, 1.165) is 24.6 Å². The Balaban J connectivity index is 3.80. The molecular weight excluding hydrogens is 180 g/mol. The molecule has 0 rings (SSSR count). The topological polar surface area (TPSA) is 74.6 Å². The normalized spacial score (nSPS) is 10.2. The standard InChI is InChI=1S/C7H12O4S/c1-2-3-4-12-5(6(8)9)7(10)11/h5H,2-4H2,1H3,(H,8,9)(H,10,11). The molecular formula is C7H12O4S. The van der Waals surface area contributed by atoms with E-state index in [9.17, 15) is 9.59 Å². The van der Waals surface area contributed by atoms with Crippen LogP contribution in [0, 0.1) is 0 Å². The first-order valence-corrected chi connectivity index (χ1v) is 4.71. The minimum Gasteiger partial charge on any atom is -0.480 e. The molecule has 2 N–H and O–H groups in total. The van der Waals surface area contributed by atoms with Crippen molar-refractivity contribution >= 4 is 23.7 Å². The highest BCUT2D eigenvalue weighted by molar-refractivity contribution is 8.01. The first-order chi connectivity index (χ1) is 5.59. The predicted molar refractivity (Wildman–Crippen MR) is 46.4 cm³/mol. The van der Waals surface area contributed by atoms with Crippen molar-refractivity contribution in [1.82, 2.24) is 0 Å². The number of hydrogen-bond acceptors (Lipinski definition) is 3. The van der Waals surface area contributed by atoms with Crippen molar-refractivity contribution in [1.29, 1.82) is 0 Å². The van der Waals surface area contributed by atoms with E-state index in [1.165, 1.54) is 0 Å². The molecule has 0 fully saturated rings. The molecule has 0 saturated carbocycles. The third-order valence-corrected chi connectivity index (χ3v) is 2.49. The summed E-state index contributed by atoms with van der Waals surface area (Å²) in [5.74, 6) is -1.97. The highest BCUT2D eigenvalue weighted by atomic mass is 32.2. The van der Waals surface area contributed by atoms with Crippen molar-refractivity contribution in [3.8, 4) is 0 Å². The van der Waals surface area contributed by atoms with Gasteiger partial charge in [0.2, 0.25) is 0 Å². The van der Waals surface area contributed by atoms with Gasteiger partial charge in [0.05, 0.1) is 0 Å². The van der Waals surface area contributed by atoms with E-state index < -0.39 is 17.2 Å². The van der Waals surface area contributed by atoms with Gasteiger partial charge in [-0.05, 0) is 12.2 Å². The van der Waals surface area contributed by atoms with Gasteiger partial charge in [0.25, 0.3) is 0 Å². The van der Waals surface area contributed by atoms with Crippen LogP contribution in [0.15, 0.2) is 0 Å². The van der Waals surface area contributed by atoms with E-state index in [-0.39, 0.29) is 0 Å². The SMILES string of the molecule is CCCCSC(C(=O)O)C(=O)O. The Bertz CT molecular complexity index is 155. The predicted octanol–water partition coefficient (Wildman–Crippen LogP) is 1.06. The third-order valence-electron chi connectivity index (χ3n) is 1.23. The van der Waals surface area contributed by atoms with Gasteiger partial charge >= 0.3 is 11.9 Å². The molecule has 0 bridgehead atoms. The maximum atomic E-state index is 10.3. The minimum absolute atomic E-state index is 0.583. The zero-order valence-electron chi connectivity index (χ0n) is 6.82. The summed E-state index contributed by atoms with van der Waals surface area (Å²) in [5, 5.41) is 15.6. The molecule has 5 heteroatoms. The summed E-state index contributed by atoms with van der Waals surface area (Å²) < 4.78 is 0. The van der Waals surface area contributed by atoms with Gasteiger partial charge in [-0.25, -0.2) is 0 Å². The number of hydrogen-bond donors (Lipinski definition) is 2. The summed E-state index contributed by atoms with van der Waals surface area (Å²) in [7, 11) is 0. The van der Waals surface area contributed by atoms with Crippen LogP contribution in [0.5, 0.6) is 0 Å². The Morgan fingerprint density at radius 2 is 1.83 bits per heavy atom. The number of carbonyl (C=O) groups is 2. The molecule has 0 unspecified atom stereocenters. The van der Waals surface area contributed by atoms with Crippen molar-refractivity contribution in [3.05, 3.63) is 0 Å². The van der Waals surface area contributed by atoms with Crippen LogP contribution in [0.1, 0.15) is 19.8 Å². The molecule has 0 saturated heterocycles. The number of carboxylic acids is 2.